The minimum Gasteiger partial charge on any atom is -0.465 e. The summed E-state index contributed by atoms with van der Waals surface area (Å²) >= 11 is 0. The van der Waals surface area contributed by atoms with Gasteiger partial charge in [-0.15, -0.1) is 0 Å². The molecule has 0 unspecified atom stereocenters. The topological polar surface area (TPSA) is 99.5 Å². The molecule has 3 rings (SSSR count). The number of esters is 1. The molecule has 27 heavy (non-hydrogen) atoms. The third kappa shape index (κ3) is 3.51. The molecule has 0 fully saturated rings. The van der Waals surface area contributed by atoms with Crippen LogP contribution in [0.1, 0.15) is 49.4 Å². The van der Waals surface area contributed by atoms with Crippen LogP contribution in [0.4, 0.5) is 0 Å². The number of hydrogen-bond acceptors (Lipinski definition) is 6. The van der Waals surface area contributed by atoms with E-state index in [1.165, 1.54) is 7.11 Å². The fourth-order valence-corrected chi connectivity index (χ4v) is 3.01. The highest BCUT2D eigenvalue weighted by atomic mass is 16.5. The van der Waals surface area contributed by atoms with Crippen LogP contribution >= 0.6 is 0 Å². The van der Waals surface area contributed by atoms with E-state index < -0.39 is 5.97 Å². The van der Waals surface area contributed by atoms with Crippen LogP contribution in [0.5, 0.6) is 0 Å². The Balaban J connectivity index is 1.77. The molecule has 0 aromatic carbocycles. The molecule has 0 radical (unpaired) electrons. The van der Waals surface area contributed by atoms with E-state index >= 15 is 0 Å². The molecule has 0 spiro atoms. The second kappa shape index (κ2) is 7.14. The molecular weight excluding hydrogens is 350 g/mol. The molecule has 8 heteroatoms. The molecule has 0 aliphatic rings. The van der Waals surface area contributed by atoms with Crippen molar-refractivity contribution >= 4 is 11.9 Å². The molecule has 0 bridgehead atoms. The van der Waals surface area contributed by atoms with Crippen LogP contribution in [0.2, 0.25) is 0 Å². The zero-order chi connectivity index (χ0) is 19.7. The lowest BCUT2D eigenvalue weighted by Crippen LogP contribution is -2.23. The lowest BCUT2D eigenvalue weighted by Gasteiger charge is -2.06. The van der Waals surface area contributed by atoms with Crippen molar-refractivity contribution < 1.29 is 23.3 Å². The molecule has 8 nitrogen and oxygen atoms in total. The number of hydrogen-bond donors (Lipinski definition) is 1. The Hall–Kier alpha value is -3.29. The van der Waals surface area contributed by atoms with E-state index in [1.807, 2.05) is 31.4 Å². The lowest BCUT2D eigenvalue weighted by molar-refractivity contribution is 0.0598. The predicted octanol–water partition coefficient (Wildman–Crippen LogP) is 3.01. The fourth-order valence-electron chi connectivity index (χ4n) is 3.01. The Morgan fingerprint density at radius 1 is 1.15 bits per heavy atom. The Kier molecular flexibility index (Phi) is 4.89. The van der Waals surface area contributed by atoms with Gasteiger partial charge in [-0.3, -0.25) is 9.36 Å². The van der Waals surface area contributed by atoms with Crippen molar-refractivity contribution in [1.29, 1.82) is 0 Å². The first-order valence-corrected chi connectivity index (χ1v) is 8.40. The molecule has 3 aromatic heterocycles. The number of carbonyl (C=O) groups is 2. The van der Waals surface area contributed by atoms with Gasteiger partial charge in [0.15, 0.2) is 5.82 Å². The highest BCUT2D eigenvalue weighted by Gasteiger charge is 2.20. The van der Waals surface area contributed by atoms with E-state index in [-0.39, 0.29) is 12.5 Å². The van der Waals surface area contributed by atoms with Crippen molar-refractivity contribution in [3.63, 3.8) is 0 Å². The number of aryl methyl sites for hydroxylation is 3. The fraction of sp³-hybridized carbons (Fsp3) is 0.316. The van der Waals surface area contributed by atoms with Crippen molar-refractivity contribution in [2.45, 2.75) is 34.2 Å². The van der Waals surface area contributed by atoms with Gasteiger partial charge in [-0.25, -0.2) is 4.79 Å². The Morgan fingerprint density at radius 3 is 2.52 bits per heavy atom. The number of furan rings is 1. The molecule has 1 N–H and O–H groups in total. The number of ether oxygens (including phenoxy) is 1. The summed E-state index contributed by atoms with van der Waals surface area (Å²) in [7, 11) is 1.31. The summed E-state index contributed by atoms with van der Waals surface area (Å²) in [6.45, 7) is 7.38. The standard InChI is InChI=1S/C19H21N3O5/c1-10-6-15(12(3)22(10)17-7-11(2)27-21-17)18(23)20-9-14-8-16(13(4)26-14)19(24)25-5/h6-8H,9H2,1-5H3,(H,20,23). The molecule has 0 aliphatic heterocycles. The average molecular weight is 371 g/mol. The number of carbonyl (C=O) groups excluding carboxylic acids is 2. The van der Waals surface area contributed by atoms with Gasteiger partial charge in [0.05, 0.1) is 19.2 Å². The van der Waals surface area contributed by atoms with E-state index in [0.29, 0.717) is 34.2 Å². The monoisotopic (exact) mass is 371 g/mol. The van der Waals surface area contributed by atoms with Gasteiger partial charge in [-0.2, -0.15) is 0 Å². The van der Waals surface area contributed by atoms with Crippen molar-refractivity contribution in [3.8, 4) is 5.82 Å². The first kappa shape index (κ1) is 18.5. The number of amides is 1. The van der Waals surface area contributed by atoms with Gasteiger partial charge in [0.2, 0.25) is 0 Å². The van der Waals surface area contributed by atoms with Crippen LogP contribution in [0.15, 0.2) is 27.1 Å². The van der Waals surface area contributed by atoms with Gasteiger partial charge in [-0.1, -0.05) is 5.16 Å². The maximum absolute atomic E-state index is 12.6. The second-order valence-electron chi connectivity index (χ2n) is 6.27. The molecule has 1 amide bonds. The first-order valence-electron chi connectivity index (χ1n) is 8.40. The number of methoxy groups -OCH3 is 1. The third-order valence-electron chi connectivity index (χ3n) is 4.32. The van der Waals surface area contributed by atoms with Crippen LogP contribution in [-0.4, -0.2) is 28.7 Å². The van der Waals surface area contributed by atoms with E-state index in [4.69, 9.17) is 13.7 Å². The molecule has 3 aromatic rings. The first-order chi connectivity index (χ1) is 12.8. The molecule has 0 saturated carbocycles. The van der Waals surface area contributed by atoms with Crippen molar-refractivity contribution in [3.05, 3.63) is 58.0 Å². The zero-order valence-corrected chi connectivity index (χ0v) is 15.9. The maximum Gasteiger partial charge on any atom is 0.341 e. The summed E-state index contributed by atoms with van der Waals surface area (Å²) in [6.07, 6.45) is 0. The van der Waals surface area contributed by atoms with Crippen molar-refractivity contribution in [2.24, 2.45) is 0 Å². The van der Waals surface area contributed by atoms with Gasteiger partial charge in [-0.05, 0) is 39.8 Å². The molecule has 3 heterocycles. The predicted molar refractivity (Wildman–Crippen MR) is 96.0 cm³/mol. The van der Waals surface area contributed by atoms with Crippen molar-refractivity contribution in [2.75, 3.05) is 7.11 Å². The van der Waals surface area contributed by atoms with Crippen LogP contribution in [0, 0.1) is 27.7 Å². The van der Waals surface area contributed by atoms with Crippen LogP contribution < -0.4 is 5.32 Å². The van der Waals surface area contributed by atoms with E-state index in [2.05, 4.69) is 10.5 Å². The summed E-state index contributed by atoms with van der Waals surface area (Å²) < 4.78 is 17.2. The van der Waals surface area contributed by atoms with Crippen LogP contribution in [0.3, 0.4) is 0 Å². The summed E-state index contributed by atoms with van der Waals surface area (Å²) in [5.74, 6) is 1.53. The largest absolute Gasteiger partial charge is 0.465 e. The van der Waals surface area contributed by atoms with Crippen molar-refractivity contribution in [1.82, 2.24) is 15.0 Å². The Morgan fingerprint density at radius 2 is 1.89 bits per heavy atom. The Bertz CT molecular complexity index is 1010. The van der Waals surface area contributed by atoms with Gasteiger partial charge in [0.25, 0.3) is 5.91 Å². The quantitative estimate of drug-likeness (QED) is 0.692. The van der Waals surface area contributed by atoms with Gasteiger partial charge >= 0.3 is 5.97 Å². The van der Waals surface area contributed by atoms with Crippen LogP contribution in [0.25, 0.3) is 5.82 Å². The number of nitrogens with one attached hydrogen (secondary N) is 1. The highest BCUT2D eigenvalue weighted by Crippen LogP contribution is 2.21. The summed E-state index contributed by atoms with van der Waals surface area (Å²) in [4.78, 5) is 24.3. The number of aromatic nitrogens is 2. The summed E-state index contributed by atoms with van der Waals surface area (Å²) in [5, 5.41) is 6.82. The van der Waals surface area contributed by atoms with E-state index in [1.54, 1.807) is 19.1 Å². The van der Waals surface area contributed by atoms with Gasteiger partial charge < -0.3 is 19.0 Å². The SMILES string of the molecule is COC(=O)c1cc(CNC(=O)c2cc(C)n(-c3cc(C)on3)c2C)oc1C. The number of nitrogens with zero attached hydrogens (tertiary/aromatic N) is 2. The molecule has 0 atom stereocenters. The second-order valence-corrected chi connectivity index (χ2v) is 6.27. The smallest absolute Gasteiger partial charge is 0.341 e. The molecular formula is C19H21N3O5. The maximum atomic E-state index is 12.6. The average Bonchev–Trinajstić information content (AvgIpc) is 3.29. The summed E-state index contributed by atoms with van der Waals surface area (Å²) in [6, 6.07) is 5.17. The minimum atomic E-state index is -0.472. The Labute approximate surface area is 156 Å². The molecule has 0 aliphatic carbocycles. The normalized spacial score (nSPS) is 10.9. The number of rotatable bonds is 5. The highest BCUT2D eigenvalue weighted by molar-refractivity contribution is 5.96. The van der Waals surface area contributed by atoms with Gasteiger partial charge in [0.1, 0.15) is 22.8 Å². The van der Waals surface area contributed by atoms with Gasteiger partial charge in [0, 0.05) is 17.5 Å². The summed E-state index contributed by atoms with van der Waals surface area (Å²) in [5.41, 5.74) is 2.50. The molecule has 0 saturated heterocycles. The lowest BCUT2D eigenvalue weighted by atomic mass is 10.2. The van der Waals surface area contributed by atoms with E-state index in [0.717, 1.165) is 11.4 Å². The molecule has 142 valence electrons. The minimum absolute atomic E-state index is 0.156. The third-order valence-corrected chi connectivity index (χ3v) is 4.32. The zero-order valence-electron chi connectivity index (χ0n) is 15.9. The van der Waals surface area contributed by atoms with Crippen LogP contribution in [-0.2, 0) is 11.3 Å². The van der Waals surface area contributed by atoms with E-state index in [9.17, 15) is 9.59 Å².